The summed E-state index contributed by atoms with van der Waals surface area (Å²) in [6, 6.07) is 4.32. The molecule has 0 heterocycles. The van der Waals surface area contributed by atoms with Crippen molar-refractivity contribution in [1.82, 2.24) is 10.6 Å². The first kappa shape index (κ1) is 27.3. The van der Waals surface area contributed by atoms with E-state index in [1.165, 1.54) is 12.1 Å². The van der Waals surface area contributed by atoms with E-state index in [9.17, 15) is 34.4 Å². The predicted molar refractivity (Wildman–Crippen MR) is 124 cm³/mol. The normalized spacial score (nSPS) is 11.3. The summed E-state index contributed by atoms with van der Waals surface area (Å²) in [6.07, 6.45) is -0.384. The summed E-state index contributed by atoms with van der Waals surface area (Å²) >= 11 is 11.9. The molecule has 0 aromatic heterocycles. The van der Waals surface area contributed by atoms with E-state index in [4.69, 9.17) is 33.7 Å². The van der Waals surface area contributed by atoms with Crippen molar-refractivity contribution in [1.29, 1.82) is 0 Å². The number of benzene rings is 2. The molecule has 14 heteroatoms. The zero-order valence-electron chi connectivity index (χ0n) is 18.2. The van der Waals surface area contributed by atoms with Crippen molar-refractivity contribution < 1.29 is 33.9 Å². The molecule has 0 saturated heterocycles. The van der Waals surface area contributed by atoms with E-state index < -0.39 is 52.6 Å². The lowest BCUT2D eigenvalue weighted by molar-refractivity contribution is -0.384. The van der Waals surface area contributed by atoms with Crippen LogP contribution < -0.4 is 16.4 Å². The lowest BCUT2D eigenvalue weighted by Gasteiger charge is -2.20. The molecule has 0 spiro atoms. The molecule has 186 valence electrons. The van der Waals surface area contributed by atoms with Gasteiger partial charge in [0.2, 0.25) is 11.8 Å². The molecule has 0 radical (unpaired) electrons. The summed E-state index contributed by atoms with van der Waals surface area (Å²) in [4.78, 5) is 58.7. The molecular weight excluding hydrogens is 507 g/mol. The zero-order chi connectivity index (χ0) is 26.3. The van der Waals surface area contributed by atoms with Gasteiger partial charge in [-0.3, -0.25) is 29.3 Å². The fourth-order valence-electron chi connectivity index (χ4n) is 2.97. The molecule has 0 saturated carbocycles. The van der Waals surface area contributed by atoms with E-state index in [0.717, 1.165) is 18.2 Å². The number of nitrogens with two attached hydrogens (primary N) is 1. The standard InChI is InChI=1S/C21H20Cl2N4O8/c1-2-35-18(29)8-16(14-6-12(22)7-15(23)19(14)30)26-17(28)9-25-21(32)11-3-10(20(24)31)4-13(5-11)27(33)34/h3-7,16,30H,2,8-9H2,1H3,(H2,24,31)(H,25,32)(H,26,28)/t16-/m1/s1. The number of phenols is 1. The Morgan fingerprint density at radius 2 is 1.80 bits per heavy atom. The highest BCUT2D eigenvalue weighted by Gasteiger charge is 2.24. The van der Waals surface area contributed by atoms with Gasteiger partial charge in [0.1, 0.15) is 5.75 Å². The van der Waals surface area contributed by atoms with Gasteiger partial charge < -0.3 is 26.2 Å². The van der Waals surface area contributed by atoms with Crippen LogP contribution in [0.15, 0.2) is 30.3 Å². The lowest BCUT2D eigenvalue weighted by Crippen LogP contribution is -2.39. The van der Waals surface area contributed by atoms with E-state index >= 15 is 0 Å². The van der Waals surface area contributed by atoms with Crippen LogP contribution in [0, 0.1) is 10.1 Å². The molecular formula is C21H20Cl2N4O8. The van der Waals surface area contributed by atoms with Crippen LogP contribution in [0.3, 0.4) is 0 Å². The van der Waals surface area contributed by atoms with Crippen molar-refractivity contribution in [3.8, 4) is 5.75 Å². The van der Waals surface area contributed by atoms with Crippen molar-refractivity contribution in [3.63, 3.8) is 0 Å². The second kappa shape index (κ2) is 12.0. The van der Waals surface area contributed by atoms with Crippen LogP contribution in [0.2, 0.25) is 10.0 Å². The summed E-state index contributed by atoms with van der Waals surface area (Å²) in [5.41, 5.74) is 4.10. The minimum absolute atomic E-state index is 0.0417. The third-order valence-corrected chi connectivity index (χ3v) is 5.04. The van der Waals surface area contributed by atoms with Crippen LogP contribution in [0.4, 0.5) is 5.69 Å². The highest BCUT2D eigenvalue weighted by Crippen LogP contribution is 2.36. The Labute approximate surface area is 208 Å². The Morgan fingerprint density at radius 3 is 2.40 bits per heavy atom. The molecule has 0 aliphatic rings. The number of nitrogens with one attached hydrogen (secondary N) is 2. The van der Waals surface area contributed by atoms with Gasteiger partial charge >= 0.3 is 5.97 Å². The van der Waals surface area contributed by atoms with Crippen LogP contribution in [0.25, 0.3) is 0 Å². The Kier molecular flexibility index (Phi) is 9.37. The average Bonchev–Trinajstić information content (AvgIpc) is 2.79. The molecule has 0 bridgehead atoms. The lowest BCUT2D eigenvalue weighted by atomic mass is 10.0. The van der Waals surface area contributed by atoms with E-state index in [1.54, 1.807) is 6.92 Å². The number of primary amides is 1. The summed E-state index contributed by atoms with van der Waals surface area (Å²) in [5.74, 6) is -3.77. The number of ether oxygens (including phenoxy) is 1. The second-order valence-electron chi connectivity index (χ2n) is 7.03. The van der Waals surface area contributed by atoms with Gasteiger partial charge in [0.05, 0.1) is 35.6 Å². The van der Waals surface area contributed by atoms with Crippen LogP contribution in [-0.4, -0.2) is 46.9 Å². The van der Waals surface area contributed by atoms with Gasteiger partial charge in [-0.25, -0.2) is 0 Å². The number of amides is 3. The van der Waals surface area contributed by atoms with Crippen molar-refractivity contribution in [2.75, 3.05) is 13.2 Å². The first-order valence-electron chi connectivity index (χ1n) is 9.93. The van der Waals surface area contributed by atoms with Gasteiger partial charge in [0.25, 0.3) is 11.6 Å². The quantitative estimate of drug-likeness (QED) is 0.205. The van der Waals surface area contributed by atoms with Gasteiger partial charge in [-0.15, -0.1) is 0 Å². The SMILES string of the molecule is CCOC(=O)C[C@@H](NC(=O)CNC(=O)c1cc(C(N)=O)cc([N+](=O)[O-])c1)c1cc(Cl)cc(Cl)c1O. The molecule has 2 rings (SSSR count). The predicted octanol–water partition coefficient (Wildman–Crippen LogP) is 2.25. The van der Waals surface area contributed by atoms with Crippen LogP contribution >= 0.6 is 23.2 Å². The minimum Gasteiger partial charge on any atom is -0.506 e. The number of carbonyl (C=O) groups excluding carboxylic acids is 4. The fourth-order valence-corrected chi connectivity index (χ4v) is 3.48. The van der Waals surface area contributed by atoms with Crippen LogP contribution in [0.5, 0.6) is 5.75 Å². The number of hydrogen-bond acceptors (Lipinski definition) is 8. The molecule has 0 aliphatic carbocycles. The van der Waals surface area contributed by atoms with Crippen molar-refractivity contribution in [2.24, 2.45) is 5.73 Å². The van der Waals surface area contributed by atoms with Crippen molar-refractivity contribution >= 4 is 52.6 Å². The Bertz CT molecular complexity index is 1160. The maximum atomic E-state index is 12.5. The number of hydrogen-bond donors (Lipinski definition) is 4. The van der Waals surface area contributed by atoms with Gasteiger partial charge in [0.15, 0.2) is 0 Å². The maximum Gasteiger partial charge on any atom is 0.308 e. The third-order valence-electron chi connectivity index (χ3n) is 4.53. The van der Waals surface area contributed by atoms with E-state index in [1.807, 2.05) is 0 Å². The summed E-state index contributed by atoms with van der Waals surface area (Å²) in [6.45, 7) is 1.04. The number of phenolic OH excluding ortho intramolecular Hbond substituents is 1. The number of halogens is 2. The number of carbonyl (C=O) groups is 4. The molecule has 2 aromatic rings. The molecule has 12 nitrogen and oxygen atoms in total. The number of nitro benzene ring substituents is 1. The van der Waals surface area contributed by atoms with Gasteiger partial charge in [-0.1, -0.05) is 23.2 Å². The number of esters is 1. The average molecular weight is 527 g/mol. The van der Waals surface area contributed by atoms with E-state index in [2.05, 4.69) is 10.6 Å². The van der Waals surface area contributed by atoms with Gasteiger partial charge in [-0.05, 0) is 25.1 Å². The summed E-state index contributed by atoms with van der Waals surface area (Å²) in [7, 11) is 0. The zero-order valence-corrected chi connectivity index (χ0v) is 19.7. The highest BCUT2D eigenvalue weighted by atomic mass is 35.5. The van der Waals surface area contributed by atoms with Crippen molar-refractivity contribution in [3.05, 3.63) is 67.2 Å². The monoisotopic (exact) mass is 526 g/mol. The molecule has 35 heavy (non-hydrogen) atoms. The Hall–Kier alpha value is -3.90. The van der Waals surface area contributed by atoms with Crippen LogP contribution in [-0.2, 0) is 14.3 Å². The van der Waals surface area contributed by atoms with Gasteiger partial charge in [0, 0.05) is 33.8 Å². The molecule has 5 N–H and O–H groups in total. The molecule has 0 aliphatic heterocycles. The number of aromatic hydroxyl groups is 1. The summed E-state index contributed by atoms with van der Waals surface area (Å²) < 4.78 is 4.89. The number of nitro groups is 1. The molecule has 0 unspecified atom stereocenters. The number of nitrogens with zero attached hydrogens (tertiary/aromatic N) is 1. The second-order valence-corrected chi connectivity index (χ2v) is 7.87. The minimum atomic E-state index is -1.12. The molecule has 0 fully saturated rings. The maximum absolute atomic E-state index is 12.5. The highest BCUT2D eigenvalue weighted by molar-refractivity contribution is 6.35. The molecule has 1 atom stereocenters. The third kappa shape index (κ3) is 7.55. The van der Waals surface area contributed by atoms with Crippen LogP contribution in [0.1, 0.15) is 45.7 Å². The molecule has 3 amide bonds. The largest absolute Gasteiger partial charge is 0.506 e. The smallest absolute Gasteiger partial charge is 0.308 e. The van der Waals surface area contributed by atoms with E-state index in [-0.39, 0.29) is 39.8 Å². The van der Waals surface area contributed by atoms with E-state index in [0.29, 0.717) is 0 Å². The topological polar surface area (TPSA) is 191 Å². The number of rotatable bonds is 10. The first-order chi connectivity index (χ1) is 16.4. The number of non-ortho nitro benzene ring substituents is 1. The van der Waals surface area contributed by atoms with Gasteiger partial charge in [-0.2, -0.15) is 0 Å². The Morgan fingerprint density at radius 1 is 1.14 bits per heavy atom. The fraction of sp³-hybridized carbons (Fsp3) is 0.238. The Balaban J connectivity index is 2.20. The van der Waals surface area contributed by atoms with Crippen molar-refractivity contribution in [2.45, 2.75) is 19.4 Å². The molecule has 2 aromatic carbocycles. The first-order valence-corrected chi connectivity index (χ1v) is 10.7. The summed E-state index contributed by atoms with van der Waals surface area (Å²) in [5, 5.41) is 26.1.